The van der Waals surface area contributed by atoms with E-state index < -0.39 is 23.5 Å². The van der Waals surface area contributed by atoms with Gasteiger partial charge in [-0.05, 0) is 53.4 Å². The number of hydrogen-bond acceptors (Lipinski definition) is 4. The van der Waals surface area contributed by atoms with Gasteiger partial charge in [-0.25, -0.2) is 0 Å². The summed E-state index contributed by atoms with van der Waals surface area (Å²) in [5, 5.41) is 12.1. The first-order valence-electron chi connectivity index (χ1n) is 11.0. The van der Waals surface area contributed by atoms with E-state index in [0.29, 0.717) is 33.2 Å². The van der Waals surface area contributed by atoms with Gasteiger partial charge in [-0.1, -0.05) is 67.9 Å². The number of hydrogen-bond donors (Lipinski definition) is 1. The Morgan fingerprint density at radius 3 is 2.38 bits per heavy atom. The third kappa shape index (κ3) is 3.68. The summed E-state index contributed by atoms with van der Waals surface area (Å²) in [5.41, 5.74) is 2.90. The van der Waals surface area contributed by atoms with Crippen LogP contribution in [-0.4, -0.2) is 16.8 Å². The predicted octanol–water partition coefficient (Wildman–Crippen LogP) is 6.99. The van der Waals surface area contributed by atoms with E-state index in [4.69, 9.17) is 16.0 Å². The van der Waals surface area contributed by atoms with Gasteiger partial charge in [0.25, 0.3) is 5.91 Å². The molecule has 1 aliphatic heterocycles. The van der Waals surface area contributed by atoms with E-state index >= 15 is 0 Å². The monoisotopic (exact) mass is 471 g/mol. The molecule has 4 aromatic rings. The number of benzene rings is 3. The van der Waals surface area contributed by atoms with Crippen molar-refractivity contribution in [3.05, 3.63) is 112 Å². The first-order chi connectivity index (χ1) is 16.3. The van der Waals surface area contributed by atoms with Gasteiger partial charge < -0.3 is 9.52 Å². The summed E-state index contributed by atoms with van der Waals surface area (Å²) in [7, 11) is 0. The number of furan rings is 1. The molecule has 0 aliphatic carbocycles. The number of carbonyl (C=O) groups excluding carboxylic acids is 2. The highest BCUT2D eigenvalue weighted by Gasteiger charge is 2.45. The van der Waals surface area contributed by atoms with Crippen molar-refractivity contribution in [2.75, 3.05) is 4.90 Å². The number of nitrogens with zero attached hydrogens (tertiary/aromatic N) is 1. The second-order valence-corrected chi connectivity index (χ2v) is 9.06. The maximum Gasteiger partial charge on any atom is 0.294 e. The Morgan fingerprint density at radius 2 is 1.71 bits per heavy atom. The maximum absolute atomic E-state index is 13.6. The Bertz CT molecular complexity index is 1430. The Morgan fingerprint density at radius 1 is 1.00 bits per heavy atom. The molecule has 0 spiro atoms. The van der Waals surface area contributed by atoms with E-state index in [0.717, 1.165) is 5.56 Å². The number of halogens is 1. The van der Waals surface area contributed by atoms with Gasteiger partial charge in [-0.2, -0.15) is 0 Å². The first kappa shape index (κ1) is 22.0. The predicted molar refractivity (Wildman–Crippen MR) is 132 cm³/mol. The minimum absolute atomic E-state index is 0.0192. The molecule has 5 nitrogen and oxygen atoms in total. The smallest absolute Gasteiger partial charge is 0.294 e. The molecule has 1 atom stereocenters. The molecule has 6 heteroatoms. The Kier molecular flexibility index (Phi) is 5.50. The van der Waals surface area contributed by atoms with Gasteiger partial charge in [0.05, 0.1) is 11.6 Å². The molecule has 2 heterocycles. The molecule has 1 N–H and O–H groups in total. The van der Waals surface area contributed by atoms with E-state index in [1.165, 1.54) is 4.90 Å². The molecule has 0 bridgehead atoms. The lowest BCUT2D eigenvalue weighted by Crippen LogP contribution is -2.31. The van der Waals surface area contributed by atoms with Crippen LogP contribution < -0.4 is 4.90 Å². The standard InChI is InChI=1S/C28H22ClNO4/c1-16(2)17-8-11-21(12-9-17)30-25(18-6-4-3-5-7-18)24(27(32)28(30)33)26(31)23-15-19-14-20(29)10-13-22(19)34-23/h3-16,25,32H,1-2H3. The molecule has 3 aromatic carbocycles. The first-order valence-corrected chi connectivity index (χ1v) is 11.4. The molecule has 170 valence electrons. The van der Waals surface area contributed by atoms with Crippen molar-refractivity contribution in [1.82, 2.24) is 0 Å². The molecular weight excluding hydrogens is 450 g/mol. The highest BCUT2D eigenvalue weighted by atomic mass is 35.5. The molecule has 34 heavy (non-hydrogen) atoms. The van der Waals surface area contributed by atoms with Crippen LogP contribution in [0, 0.1) is 0 Å². The molecule has 1 aromatic heterocycles. The average Bonchev–Trinajstić information content (AvgIpc) is 3.38. The van der Waals surface area contributed by atoms with E-state index in [1.807, 2.05) is 54.6 Å². The van der Waals surface area contributed by atoms with Gasteiger partial charge in [0, 0.05) is 16.1 Å². The van der Waals surface area contributed by atoms with E-state index in [2.05, 4.69) is 13.8 Å². The molecule has 0 fully saturated rings. The minimum Gasteiger partial charge on any atom is -0.503 e. The summed E-state index contributed by atoms with van der Waals surface area (Å²) in [4.78, 5) is 28.4. The van der Waals surface area contributed by atoms with Crippen LogP contribution in [0.1, 0.15) is 47.5 Å². The molecule has 1 aliphatic rings. The van der Waals surface area contributed by atoms with Crippen molar-refractivity contribution in [3.8, 4) is 0 Å². The number of amides is 1. The Hall–Kier alpha value is -3.83. The van der Waals surface area contributed by atoms with E-state index in [1.54, 1.807) is 24.3 Å². The molecule has 0 saturated carbocycles. The number of rotatable bonds is 5. The average molecular weight is 472 g/mol. The number of fused-ring (bicyclic) bond motifs is 1. The zero-order chi connectivity index (χ0) is 24.0. The Labute approximate surface area is 201 Å². The summed E-state index contributed by atoms with van der Waals surface area (Å²) in [6, 6.07) is 22.6. The normalized spacial score (nSPS) is 16.2. The summed E-state index contributed by atoms with van der Waals surface area (Å²) >= 11 is 6.07. The highest BCUT2D eigenvalue weighted by molar-refractivity contribution is 6.31. The number of aliphatic hydroxyl groups excluding tert-OH is 1. The fraction of sp³-hybridized carbons (Fsp3) is 0.143. The largest absolute Gasteiger partial charge is 0.503 e. The third-order valence-corrected chi connectivity index (χ3v) is 6.34. The van der Waals surface area contributed by atoms with Crippen molar-refractivity contribution in [1.29, 1.82) is 0 Å². The molecular formula is C28H22ClNO4. The van der Waals surface area contributed by atoms with Gasteiger partial charge in [0.1, 0.15) is 5.58 Å². The molecule has 0 saturated heterocycles. The highest BCUT2D eigenvalue weighted by Crippen LogP contribution is 2.42. The van der Waals surface area contributed by atoms with Gasteiger partial charge in [0.15, 0.2) is 11.5 Å². The lowest BCUT2D eigenvalue weighted by Gasteiger charge is -2.27. The summed E-state index contributed by atoms with van der Waals surface area (Å²) < 4.78 is 5.76. The second-order valence-electron chi connectivity index (χ2n) is 8.62. The van der Waals surface area contributed by atoms with Crippen molar-refractivity contribution in [2.24, 2.45) is 0 Å². The number of anilines is 1. The van der Waals surface area contributed by atoms with Crippen LogP contribution in [0.4, 0.5) is 5.69 Å². The number of aliphatic hydroxyl groups is 1. The van der Waals surface area contributed by atoms with Crippen LogP contribution >= 0.6 is 11.6 Å². The number of ketones is 1. The van der Waals surface area contributed by atoms with Crippen LogP contribution in [0.3, 0.4) is 0 Å². The molecule has 1 amide bonds. The summed E-state index contributed by atoms with van der Waals surface area (Å²) in [6.07, 6.45) is 0. The van der Waals surface area contributed by atoms with E-state index in [-0.39, 0.29) is 11.3 Å². The van der Waals surface area contributed by atoms with Crippen molar-refractivity contribution >= 4 is 39.9 Å². The number of carbonyl (C=O) groups is 2. The van der Waals surface area contributed by atoms with E-state index in [9.17, 15) is 14.7 Å². The van der Waals surface area contributed by atoms with Crippen molar-refractivity contribution < 1.29 is 19.1 Å². The SMILES string of the molecule is CC(C)c1ccc(N2C(=O)C(O)=C(C(=O)c3cc4cc(Cl)ccc4o3)C2c2ccccc2)cc1. The molecule has 0 radical (unpaired) electrons. The van der Waals surface area contributed by atoms with Crippen LogP contribution in [0.2, 0.25) is 5.02 Å². The zero-order valence-electron chi connectivity index (χ0n) is 18.7. The third-order valence-electron chi connectivity index (χ3n) is 6.11. The Balaban J connectivity index is 1.62. The summed E-state index contributed by atoms with van der Waals surface area (Å²) in [5.74, 6) is -1.39. The van der Waals surface area contributed by atoms with Gasteiger partial charge in [-0.15, -0.1) is 0 Å². The molecule has 5 rings (SSSR count). The van der Waals surface area contributed by atoms with Gasteiger partial charge >= 0.3 is 0 Å². The quantitative estimate of drug-likeness (QED) is 0.318. The fourth-order valence-electron chi connectivity index (χ4n) is 4.33. The van der Waals surface area contributed by atoms with Crippen LogP contribution in [-0.2, 0) is 4.79 Å². The van der Waals surface area contributed by atoms with Gasteiger partial charge in [-0.3, -0.25) is 14.5 Å². The lowest BCUT2D eigenvalue weighted by atomic mass is 9.94. The van der Waals surface area contributed by atoms with Crippen LogP contribution in [0.5, 0.6) is 0 Å². The molecule has 1 unspecified atom stereocenters. The topological polar surface area (TPSA) is 70.8 Å². The minimum atomic E-state index is -0.803. The fourth-order valence-corrected chi connectivity index (χ4v) is 4.51. The van der Waals surface area contributed by atoms with Crippen LogP contribution in [0.25, 0.3) is 11.0 Å². The van der Waals surface area contributed by atoms with Gasteiger partial charge in [0.2, 0.25) is 5.78 Å². The summed E-state index contributed by atoms with van der Waals surface area (Å²) in [6.45, 7) is 4.18. The second kappa shape index (κ2) is 8.50. The zero-order valence-corrected chi connectivity index (χ0v) is 19.4. The van der Waals surface area contributed by atoms with Crippen molar-refractivity contribution in [3.63, 3.8) is 0 Å². The van der Waals surface area contributed by atoms with Crippen LogP contribution in [0.15, 0.2) is 94.6 Å². The maximum atomic E-state index is 13.6. The number of Topliss-reactive ketones (excluding diaryl/α,β-unsaturated/α-hetero) is 1. The van der Waals surface area contributed by atoms with Crippen molar-refractivity contribution in [2.45, 2.75) is 25.8 Å². The lowest BCUT2D eigenvalue weighted by molar-refractivity contribution is -0.117.